The van der Waals surface area contributed by atoms with E-state index in [4.69, 9.17) is 0 Å². The molecule has 4 fully saturated rings. The van der Waals surface area contributed by atoms with E-state index in [0.29, 0.717) is 11.2 Å². The number of nitrogens with one attached hydrogen (secondary N) is 1. The first-order valence-electron chi connectivity index (χ1n) is 10.2. The summed E-state index contributed by atoms with van der Waals surface area (Å²) in [6.07, 6.45) is 8.26. The number of benzene rings is 1. The summed E-state index contributed by atoms with van der Waals surface area (Å²) < 4.78 is 13.9. The van der Waals surface area contributed by atoms with Gasteiger partial charge in [-0.25, -0.2) is 9.37 Å². The molecule has 0 radical (unpaired) electrons. The second-order valence-corrected chi connectivity index (χ2v) is 11.1. The SMILES string of the molecule is O=C(CSc1nc(-c2ccc(F)cc2)cs1)NCC12CC3CC(CC(C3)C1)C2. The summed E-state index contributed by atoms with van der Waals surface area (Å²) in [5.41, 5.74) is 2.11. The molecule has 1 N–H and O–H groups in total. The molecular weight excluding hydrogens is 391 g/mol. The normalized spacial score (nSPS) is 30.5. The van der Waals surface area contributed by atoms with Crippen molar-refractivity contribution in [3.63, 3.8) is 0 Å². The molecule has 0 saturated heterocycles. The second-order valence-electron chi connectivity index (χ2n) is 8.99. The van der Waals surface area contributed by atoms with E-state index in [1.165, 1.54) is 73.8 Å². The van der Waals surface area contributed by atoms with Gasteiger partial charge < -0.3 is 5.32 Å². The highest BCUT2D eigenvalue weighted by molar-refractivity contribution is 8.01. The van der Waals surface area contributed by atoms with Crippen LogP contribution in [0.1, 0.15) is 38.5 Å². The number of amides is 1. The molecule has 0 spiro atoms. The molecule has 4 aliphatic carbocycles. The van der Waals surface area contributed by atoms with E-state index in [9.17, 15) is 9.18 Å². The molecular formula is C22H25FN2OS2. The first-order valence-corrected chi connectivity index (χ1v) is 12.0. The zero-order valence-corrected chi connectivity index (χ0v) is 17.5. The Bertz CT molecular complexity index is 828. The van der Waals surface area contributed by atoms with Crippen LogP contribution in [0.25, 0.3) is 11.3 Å². The summed E-state index contributed by atoms with van der Waals surface area (Å²) in [4.78, 5) is 17.0. The number of halogens is 1. The van der Waals surface area contributed by atoms with Crippen LogP contribution < -0.4 is 5.32 Å². The van der Waals surface area contributed by atoms with E-state index in [1.54, 1.807) is 12.1 Å². The van der Waals surface area contributed by atoms with Crippen LogP contribution in [-0.2, 0) is 4.79 Å². The van der Waals surface area contributed by atoms with Crippen LogP contribution in [0.3, 0.4) is 0 Å². The van der Waals surface area contributed by atoms with E-state index >= 15 is 0 Å². The monoisotopic (exact) mass is 416 g/mol. The predicted octanol–water partition coefficient (Wildman–Crippen LogP) is 5.37. The smallest absolute Gasteiger partial charge is 0.230 e. The lowest BCUT2D eigenvalue weighted by Crippen LogP contribution is -2.51. The van der Waals surface area contributed by atoms with E-state index < -0.39 is 0 Å². The lowest BCUT2D eigenvalue weighted by molar-refractivity contribution is -0.120. The van der Waals surface area contributed by atoms with Crippen molar-refractivity contribution in [2.75, 3.05) is 12.3 Å². The largest absolute Gasteiger partial charge is 0.355 e. The van der Waals surface area contributed by atoms with Crippen molar-refractivity contribution in [2.24, 2.45) is 23.2 Å². The van der Waals surface area contributed by atoms with E-state index in [1.807, 2.05) is 5.38 Å². The van der Waals surface area contributed by atoms with Crippen LogP contribution in [0.2, 0.25) is 0 Å². The fourth-order valence-corrected chi connectivity index (χ4v) is 7.71. The first kappa shape index (κ1) is 18.6. The third-order valence-electron chi connectivity index (χ3n) is 6.78. The Morgan fingerprint density at radius 2 is 1.79 bits per heavy atom. The van der Waals surface area contributed by atoms with Crippen LogP contribution in [-0.4, -0.2) is 23.2 Å². The van der Waals surface area contributed by atoms with Gasteiger partial charge in [0.15, 0.2) is 4.34 Å². The minimum atomic E-state index is -0.246. The maximum Gasteiger partial charge on any atom is 0.230 e. The summed E-state index contributed by atoms with van der Waals surface area (Å²) in [5.74, 6) is 3.01. The molecule has 1 amide bonds. The number of thiazole rings is 1. The number of nitrogens with zero attached hydrogens (tertiary/aromatic N) is 1. The molecule has 1 aromatic heterocycles. The quantitative estimate of drug-likeness (QED) is 0.644. The van der Waals surface area contributed by atoms with Crippen LogP contribution in [0, 0.1) is 29.0 Å². The minimum Gasteiger partial charge on any atom is -0.355 e. The molecule has 4 saturated carbocycles. The van der Waals surface area contributed by atoms with Gasteiger partial charge in [0.2, 0.25) is 5.91 Å². The van der Waals surface area contributed by atoms with Gasteiger partial charge in [-0.15, -0.1) is 11.3 Å². The van der Waals surface area contributed by atoms with Crippen molar-refractivity contribution < 1.29 is 9.18 Å². The maximum absolute atomic E-state index is 13.1. The Balaban J connectivity index is 1.13. The molecule has 4 bridgehead atoms. The minimum absolute atomic E-state index is 0.110. The topological polar surface area (TPSA) is 42.0 Å². The van der Waals surface area contributed by atoms with Crippen molar-refractivity contribution in [2.45, 2.75) is 42.9 Å². The van der Waals surface area contributed by atoms with Crippen molar-refractivity contribution in [3.05, 3.63) is 35.5 Å². The molecule has 3 nitrogen and oxygen atoms in total. The zero-order chi connectivity index (χ0) is 19.1. The summed E-state index contributed by atoms with van der Waals surface area (Å²) in [5, 5.41) is 5.19. The average molecular weight is 417 g/mol. The highest BCUT2D eigenvalue weighted by Crippen LogP contribution is 2.59. The Labute approximate surface area is 173 Å². The molecule has 2 aromatic rings. The van der Waals surface area contributed by atoms with Crippen LogP contribution in [0.4, 0.5) is 4.39 Å². The second kappa shape index (κ2) is 7.45. The number of carbonyl (C=O) groups excluding carboxylic acids is 1. The third kappa shape index (κ3) is 3.86. The van der Waals surface area contributed by atoms with Crippen molar-refractivity contribution >= 4 is 29.0 Å². The molecule has 6 heteroatoms. The molecule has 28 heavy (non-hydrogen) atoms. The summed E-state index contributed by atoms with van der Waals surface area (Å²) >= 11 is 3.02. The fraction of sp³-hybridized carbons (Fsp3) is 0.545. The molecule has 0 atom stereocenters. The number of aromatic nitrogens is 1. The van der Waals surface area contributed by atoms with Gasteiger partial charge >= 0.3 is 0 Å². The van der Waals surface area contributed by atoms with Gasteiger partial charge in [-0.3, -0.25) is 4.79 Å². The molecule has 0 aliphatic heterocycles. The van der Waals surface area contributed by atoms with Crippen LogP contribution in [0.5, 0.6) is 0 Å². The molecule has 0 unspecified atom stereocenters. The van der Waals surface area contributed by atoms with Crippen LogP contribution >= 0.6 is 23.1 Å². The number of rotatable bonds is 6. The Morgan fingerprint density at radius 1 is 1.14 bits per heavy atom. The number of carbonyl (C=O) groups is 1. The van der Waals surface area contributed by atoms with Gasteiger partial charge in [0, 0.05) is 17.5 Å². The van der Waals surface area contributed by atoms with Crippen LogP contribution in [0.15, 0.2) is 34.0 Å². The summed E-state index contributed by atoms with van der Waals surface area (Å²) in [6.45, 7) is 0.856. The first-order chi connectivity index (χ1) is 13.6. The molecule has 1 heterocycles. The summed E-state index contributed by atoms with van der Waals surface area (Å²) in [7, 11) is 0. The number of thioether (sulfide) groups is 1. The van der Waals surface area contributed by atoms with Crippen molar-refractivity contribution in [1.29, 1.82) is 0 Å². The Hall–Kier alpha value is -1.40. The molecule has 1 aromatic carbocycles. The van der Waals surface area contributed by atoms with Crippen molar-refractivity contribution in [3.8, 4) is 11.3 Å². The lowest BCUT2D eigenvalue weighted by Gasteiger charge is -2.56. The van der Waals surface area contributed by atoms with E-state index in [0.717, 1.165) is 39.9 Å². The van der Waals surface area contributed by atoms with Gasteiger partial charge in [-0.1, -0.05) is 11.8 Å². The van der Waals surface area contributed by atoms with Gasteiger partial charge in [0.25, 0.3) is 0 Å². The standard InChI is InChI=1S/C22H25FN2OS2/c23-18-3-1-17(2-4-18)19-11-27-21(25-19)28-12-20(26)24-13-22-8-14-5-15(9-22)7-16(6-14)10-22/h1-4,11,14-16H,5-10,12-13H2,(H,24,26). The molecule has 6 rings (SSSR count). The van der Waals surface area contributed by atoms with E-state index in [-0.39, 0.29) is 11.7 Å². The van der Waals surface area contributed by atoms with E-state index in [2.05, 4.69) is 10.3 Å². The highest BCUT2D eigenvalue weighted by Gasteiger charge is 2.50. The lowest BCUT2D eigenvalue weighted by atomic mass is 9.49. The zero-order valence-electron chi connectivity index (χ0n) is 15.8. The average Bonchev–Trinajstić information content (AvgIpc) is 3.13. The number of hydrogen-bond acceptors (Lipinski definition) is 4. The maximum atomic E-state index is 13.1. The fourth-order valence-electron chi connectivity index (χ4n) is 6.05. The third-order valence-corrected chi connectivity index (χ3v) is 8.80. The van der Waals surface area contributed by atoms with Gasteiger partial charge in [-0.2, -0.15) is 0 Å². The number of hydrogen-bond donors (Lipinski definition) is 1. The molecule has 4 aliphatic rings. The van der Waals surface area contributed by atoms with Crippen molar-refractivity contribution in [1.82, 2.24) is 10.3 Å². The molecule has 148 valence electrons. The highest BCUT2D eigenvalue weighted by atomic mass is 32.2. The Kier molecular flexibility index (Phi) is 4.95. The van der Waals surface area contributed by atoms with Gasteiger partial charge in [-0.05, 0) is 86.0 Å². The van der Waals surface area contributed by atoms with Gasteiger partial charge in [0.05, 0.1) is 11.4 Å². The van der Waals surface area contributed by atoms with Gasteiger partial charge in [0.1, 0.15) is 5.82 Å². The predicted molar refractivity (Wildman–Crippen MR) is 112 cm³/mol. The summed E-state index contributed by atoms with van der Waals surface area (Å²) in [6, 6.07) is 6.35. The Morgan fingerprint density at radius 3 is 2.43 bits per heavy atom.